The second-order valence-corrected chi connectivity index (χ2v) is 6.27. The van der Waals surface area contributed by atoms with Crippen LogP contribution < -0.4 is 5.32 Å². The van der Waals surface area contributed by atoms with Crippen LogP contribution in [-0.4, -0.2) is 45.3 Å². The van der Waals surface area contributed by atoms with Crippen LogP contribution in [-0.2, 0) is 13.0 Å². The van der Waals surface area contributed by atoms with E-state index >= 15 is 0 Å². The molecule has 7 heteroatoms. The molecular formula is C21H21N5O2. The number of carbonyl (C=O) groups excluding carboxylic acids is 2. The van der Waals surface area contributed by atoms with Gasteiger partial charge in [0.2, 0.25) is 0 Å². The highest BCUT2D eigenvalue weighted by atomic mass is 16.2. The molecule has 0 atom stereocenters. The Morgan fingerprint density at radius 2 is 1.82 bits per heavy atom. The molecule has 3 aromatic rings. The largest absolute Gasteiger partial charge is 0.345 e. The topological polar surface area (TPSA) is 88.1 Å². The zero-order valence-electron chi connectivity index (χ0n) is 15.6. The van der Waals surface area contributed by atoms with Gasteiger partial charge in [-0.3, -0.25) is 24.5 Å². The molecule has 0 aromatic carbocycles. The third kappa shape index (κ3) is 5.20. The van der Waals surface area contributed by atoms with Crippen LogP contribution in [0.1, 0.15) is 32.1 Å². The summed E-state index contributed by atoms with van der Waals surface area (Å²) in [5.41, 5.74) is 2.48. The first kappa shape index (κ1) is 19.2. The molecule has 0 aliphatic carbocycles. The van der Waals surface area contributed by atoms with E-state index in [0.29, 0.717) is 18.7 Å². The molecule has 7 nitrogen and oxygen atoms in total. The molecule has 0 aliphatic heterocycles. The van der Waals surface area contributed by atoms with Crippen LogP contribution in [0.4, 0.5) is 0 Å². The number of hydrogen-bond acceptors (Lipinski definition) is 5. The molecule has 0 saturated heterocycles. The van der Waals surface area contributed by atoms with Crippen molar-refractivity contribution in [2.45, 2.75) is 13.0 Å². The van der Waals surface area contributed by atoms with Crippen molar-refractivity contribution in [3.63, 3.8) is 0 Å². The van der Waals surface area contributed by atoms with Crippen LogP contribution in [0.15, 0.2) is 67.3 Å². The molecule has 1 N–H and O–H groups in total. The van der Waals surface area contributed by atoms with Crippen molar-refractivity contribution < 1.29 is 9.59 Å². The molecule has 0 aliphatic rings. The Bertz CT molecular complexity index is 932. The molecule has 0 saturated carbocycles. The van der Waals surface area contributed by atoms with Crippen molar-refractivity contribution in [2.24, 2.45) is 0 Å². The van der Waals surface area contributed by atoms with Gasteiger partial charge in [0, 0.05) is 43.9 Å². The summed E-state index contributed by atoms with van der Waals surface area (Å²) in [4.78, 5) is 38.9. The quantitative estimate of drug-likeness (QED) is 0.683. The minimum Gasteiger partial charge on any atom is -0.345 e. The summed E-state index contributed by atoms with van der Waals surface area (Å²) in [6, 6.07) is 12.5. The molecular weight excluding hydrogens is 354 g/mol. The maximum absolute atomic E-state index is 12.7. The van der Waals surface area contributed by atoms with Gasteiger partial charge in [-0.2, -0.15) is 0 Å². The van der Waals surface area contributed by atoms with Crippen molar-refractivity contribution in [3.05, 3.63) is 89.8 Å². The Hall–Kier alpha value is -3.61. The minimum atomic E-state index is -0.347. The highest BCUT2D eigenvalue weighted by Gasteiger charge is 2.15. The van der Waals surface area contributed by atoms with E-state index in [9.17, 15) is 9.59 Å². The van der Waals surface area contributed by atoms with Gasteiger partial charge in [-0.25, -0.2) is 0 Å². The van der Waals surface area contributed by atoms with Crippen molar-refractivity contribution in [3.8, 4) is 0 Å². The summed E-state index contributed by atoms with van der Waals surface area (Å²) in [6.45, 7) is 0.859. The first-order chi connectivity index (χ1) is 13.6. The van der Waals surface area contributed by atoms with Crippen molar-refractivity contribution in [2.75, 3.05) is 13.6 Å². The molecule has 142 valence electrons. The first-order valence-electron chi connectivity index (χ1n) is 8.92. The van der Waals surface area contributed by atoms with Gasteiger partial charge in [0.1, 0.15) is 5.69 Å². The Morgan fingerprint density at radius 3 is 2.57 bits per heavy atom. The summed E-state index contributed by atoms with van der Waals surface area (Å²) < 4.78 is 0. The number of nitrogens with zero attached hydrogens (tertiary/aromatic N) is 4. The van der Waals surface area contributed by atoms with Crippen LogP contribution >= 0.6 is 0 Å². The number of rotatable bonds is 7. The molecule has 3 heterocycles. The Balaban J connectivity index is 1.59. The van der Waals surface area contributed by atoms with E-state index in [0.717, 1.165) is 17.7 Å². The SMILES string of the molecule is CN(CCc1ccncc1)C(=O)c1ccnc(C(=O)NCc2ccccn2)c1. The van der Waals surface area contributed by atoms with Crippen LogP contribution in [0, 0.1) is 0 Å². The van der Waals surface area contributed by atoms with E-state index in [-0.39, 0.29) is 17.5 Å². The number of aromatic nitrogens is 3. The highest BCUT2D eigenvalue weighted by Crippen LogP contribution is 2.07. The molecule has 3 aromatic heterocycles. The number of pyridine rings is 3. The summed E-state index contributed by atoms with van der Waals surface area (Å²) >= 11 is 0. The van der Waals surface area contributed by atoms with E-state index in [1.54, 1.807) is 36.6 Å². The van der Waals surface area contributed by atoms with Gasteiger partial charge in [0.15, 0.2) is 0 Å². The average molecular weight is 375 g/mol. The predicted molar refractivity (Wildman–Crippen MR) is 105 cm³/mol. The van der Waals surface area contributed by atoms with E-state index in [1.807, 2.05) is 30.3 Å². The van der Waals surface area contributed by atoms with E-state index in [1.165, 1.54) is 12.3 Å². The van der Waals surface area contributed by atoms with Gasteiger partial charge >= 0.3 is 0 Å². The smallest absolute Gasteiger partial charge is 0.270 e. The molecule has 0 fully saturated rings. The lowest BCUT2D eigenvalue weighted by Gasteiger charge is -2.17. The molecule has 2 amide bonds. The van der Waals surface area contributed by atoms with Gasteiger partial charge in [-0.05, 0) is 48.4 Å². The lowest BCUT2D eigenvalue weighted by Crippen LogP contribution is -2.29. The molecule has 3 rings (SSSR count). The zero-order chi connectivity index (χ0) is 19.8. The summed E-state index contributed by atoms with van der Waals surface area (Å²) in [5.74, 6) is -0.505. The van der Waals surface area contributed by atoms with Gasteiger partial charge < -0.3 is 10.2 Å². The number of hydrogen-bond donors (Lipinski definition) is 1. The van der Waals surface area contributed by atoms with Gasteiger partial charge in [0.25, 0.3) is 11.8 Å². The van der Waals surface area contributed by atoms with Crippen molar-refractivity contribution in [1.82, 2.24) is 25.2 Å². The van der Waals surface area contributed by atoms with E-state index in [2.05, 4.69) is 20.3 Å². The van der Waals surface area contributed by atoms with Crippen LogP contribution in [0.5, 0.6) is 0 Å². The monoisotopic (exact) mass is 375 g/mol. The summed E-state index contributed by atoms with van der Waals surface area (Å²) in [6.07, 6.45) is 7.33. The zero-order valence-corrected chi connectivity index (χ0v) is 15.6. The van der Waals surface area contributed by atoms with Crippen LogP contribution in [0.2, 0.25) is 0 Å². The number of amides is 2. The molecule has 28 heavy (non-hydrogen) atoms. The Morgan fingerprint density at radius 1 is 1.00 bits per heavy atom. The number of carbonyl (C=O) groups is 2. The van der Waals surface area contributed by atoms with Gasteiger partial charge in [-0.1, -0.05) is 6.07 Å². The highest BCUT2D eigenvalue weighted by molar-refractivity contribution is 5.98. The van der Waals surface area contributed by atoms with E-state index in [4.69, 9.17) is 0 Å². The number of likely N-dealkylation sites (N-methyl/N-ethyl adjacent to an activating group) is 1. The maximum Gasteiger partial charge on any atom is 0.270 e. The lowest BCUT2D eigenvalue weighted by atomic mass is 10.1. The molecule has 0 radical (unpaired) electrons. The standard InChI is InChI=1S/C21H21N5O2/c1-26(13-8-16-5-10-22-11-6-16)21(28)17-7-12-24-19(14-17)20(27)25-15-18-4-2-3-9-23-18/h2-7,9-12,14H,8,13,15H2,1H3,(H,25,27). The van der Waals surface area contributed by atoms with E-state index < -0.39 is 0 Å². The second-order valence-electron chi connectivity index (χ2n) is 6.27. The fourth-order valence-corrected chi connectivity index (χ4v) is 2.62. The Kier molecular flexibility index (Phi) is 6.41. The number of nitrogens with one attached hydrogen (secondary N) is 1. The summed E-state index contributed by atoms with van der Waals surface area (Å²) in [7, 11) is 1.74. The molecule has 0 bridgehead atoms. The third-order valence-corrected chi connectivity index (χ3v) is 4.23. The summed E-state index contributed by atoms with van der Waals surface area (Å²) in [5, 5.41) is 2.76. The fourth-order valence-electron chi connectivity index (χ4n) is 2.62. The van der Waals surface area contributed by atoms with Crippen LogP contribution in [0.3, 0.4) is 0 Å². The molecule has 0 unspecified atom stereocenters. The fraction of sp³-hybridized carbons (Fsp3) is 0.190. The average Bonchev–Trinajstić information content (AvgIpc) is 2.76. The molecule has 0 spiro atoms. The first-order valence-corrected chi connectivity index (χ1v) is 8.92. The normalized spacial score (nSPS) is 10.3. The maximum atomic E-state index is 12.7. The lowest BCUT2D eigenvalue weighted by molar-refractivity contribution is 0.0796. The van der Waals surface area contributed by atoms with Gasteiger partial charge in [-0.15, -0.1) is 0 Å². The van der Waals surface area contributed by atoms with Gasteiger partial charge in [0.05, 0.1) is 12.2 Å². The Labute approximate surface area is 163 Å². The van der Waals surface area contributed by atoms with Crippen molar-refractivity contribution >= 4 is 11.8 Å². The van der Waals surface area contributed by atoms with Crippen molar-refractivity contribution in [1.29, 1.82) is 0 Å². The second kappa shape index (κ2) is 9.36. The third-order valence-electron chi connectivity index (χ3n) is 4.23. The minimum absolute atomic E-state index is 0.157. The predicted octanol–water partition coefficient (Wildman–Crippen LogP) is 2.12. The van der Waals surface area contributed by atoms with Crippen LogP contribution in [0.25, 0.3) is 0 Å².